The van der Waals surface area contributed by atoms with Gasteiger partial charge >= 0.3 is 0 Å². The zero-order valence-electron chi connectivity index (χ0n) is 15.0. The molecule has 2 heterocycles. The van der Waals surface area contributed by atoms with Crippen LogP contribution in [0.1, 0.15) is 47.9 Å². The topological polar surface area (TPSA) is 76.0 Å². The molecule has 0 atom stereocenters. The van der Waals surface area contributed by atoms with Gasteiger partial charge in [-0.05, 0) is 52.5 Å². The highest BCUT2D eigenvalue weighted by Gasteiger charge is 2.26. The third kappa shape index (κ3) is 3.75. The molecule has 0 aliphatic carbocycles. The van der Waals surface area contributed by atoms with E-state index in [0.29, 0.717) is 24.3 Å². The number of carbonyl (C=O) groups excluding carboxylic acids is 1. The van der Waals surface area contributed by atoms with Crippen molar-refractivity contribution >= 4 is 27.5 Å². The van der Waals surface area contributed by atoms with E-state index in [2.05, 4.69) is 50.9 Å². The van der Waals surface area contributed by atoms with Gasteiger partial charge in [-0.1, -0.05) is 13.8 Å². The Balaban J connectivity index is 1.70. The number of aromatic nitrogens is 2. The molecule has 1 aliphatic rings. The molecular formula is C19H22BrN5O. The summed E-state index contributed by atoms with van der Waals surface area (Å²) in [5.74, 6) is 0.233. The van der Waals surface area contributed by atoms with Crippen LogP contribution in [0.25, 0.3) is 0 Å². The Morgan fingerprint density at radius 1 is 1.23 bits per heavy atom. The summed E-state index contributed by atoms with van der Waals surface area (Å²) in [5.41, 5.74) is 3.15. The van der Waals surface area contributed by atoms with Crippen molar-refractivity contribution < 1.29 is 4.79 Å². The van der Waals surface area contributed by atoms with Gasteiger partial charge in [0.2, 0.25) is 0 Å². The number of aromatic amines is 1. The van der Waals surface area contributed by atoms with Crippen molar-refractivity contribution in [3.63, 3.8) is 0 Å². The third-order valence-corrected chi connectivity index (χ3v) is 5.46. The molecule has 0 bridgehead atoms. The molecule has 26 heavy (non-hydrogen) atoms. The lowest BCUT2D eigenvalue weighted by atomic mass is 10.1. The van der Waals surface area contributed by atoms with Crippen molar-refractivity contribution in [3.05, 3.63) is 45.7 Å². The van der Waals surface area contributed by atoms with Gasteiger partial charge in [0.1, 0.15) is 0 Å². The van der Waals surface area contributed by atoms with E-state index in [0.717, 1.165) is 35.4 Å². The number of nitrogens with zero attached hydrogens (tertiary/aromatic N) is 4. The van der Waals surface area contributed by atoms with Crippen LogP contribution in [0, 0.1) is 11.3 Å². The largest absolute Gasteiger partial charge is 0.370 e. The minimum absolute atomic E-state index is 0.0401. The van der Waals surface area contributed by atoms with Crippen molar-refractivity contribution in [2.24, 2.45) is 0 Å². The van der Waals surface area contributed by atoms with E-state index in [1.54, 1.807) is 0 Å². The van der Waals surface area contributed by atoms with Gasteiger partial charge in [-0.25, -0.2) is 0 Å². The molecule has 1 N–H and O–H groups in total. The maximum atomic E-state index is 12.9. The number of rotatable bonds is 3. The first-order valence-corrected chi connectivity index (χ1v) is 9.58. The van der Waals surface area contributed by atoms with Crippen LogP contribution in [0.15, 0.2) is 28.7 Å². The molecule has 2 aromatic rings. The Morgan fingerprint density at radius 2 is 1.96 bits per heavy atom. The summed E-state index contributed by atoms with van der Waals surface area (Å²) in [4.78, 5) is 17.0. The van der Waals surface area contributed by atoms with Gasteiger partial charge in [0.15, 0.2) is 5.69 Å². The van der Waals surface area contributed by atoms with E-state index >= 15 is 0 Å². The first-order valence-electron chi connectivity index (χ1n) is 8.79. The summed E-state index contributed by atoms with van der Waals surface area (Å²) < 4.78 is 0.769. The van der Waals surface area contributed by atoms with Gasteiger partial charge in [0, 0.05) is 31.9 Å². The number of nitrogens with one attached hydrogen (secondary N) is 1. The zero-order valence-corrected chi connectivity index (χ0v) is 16.6. The van der Waals surface area contributed by atoms with E-state index in [1.165, 1.54) is 0 Å². The van der Waals surface area contributed by atoms with Gasteiger partial charge in [-0.2, -0.15) is 10.4 Å². The second-order valence-electron chi connectivity index (χ2n) is 6.75. The standard InChI is InChI=1S/C19H22BrN5O/c1-13(2)17-16(20)18(23-22-17)19(26)25-9-3-8-24(10-11-25)15-6-4-14(12-21)5-7-15/h4-7,13H,3,8-11H2,1-2H3,(H,22,23). The van der Waals surface area contributed by atoms with Gasteiger partial charge in [-0.3, -0.25) is 9.89 Å². The fraction of sp³-hybridized carbons (Fsp3) is 0.421. The molecular weight excluding hydrogens is 394 g/mol. The lowest BCUT2D eigenvalue weighted by Gasteiger charge is -2.23. The minimum atomic E-state index is -0.0401. The SMILES string of the molecule is CC(C)c1[nH]nc(C(=O)N2CCCN(c3ccc(C#N)cc3)CC2)c1Br. The molecule has 7 heteroatoms. The highest BCUT2D eigenvalue weighted by Crippen LogP contribution is 2.27. The number of H-pyrrole nitrogens is 1. The Labute approximate surface area is 161 Å². The van der Waals surface area contributed by atoms with E-state index in [9.17, 15) is 4.79 Å². The summed E-state index contributed by atoms with van der Waals surface area (Å²) in [6.45, 7) is 7.13. The fourth-order valence-electron chi connectivity index (χ4n) is 3.14. The number of benzene rings is 1. The number of anilines is 1. The summed E-state index contributed by atoms with van der Waals surface area (Å²) in [5, 5.41) is 16.1. The molecule has 1 fully saturated rings. The first-order chi connectivity index (χ1) is 12.5. The molecule has 0 unspecified atom stereocenters. The molecule has 1 aromatic heterocycles. The second kappa shape index (κ2) is 7.92. The maximum absolute atomic E-state index is 12.9. The van der Waals surface area contributed by atoms with Crippen LogP contribution in [0.4, 0.5) is 5.69 Å². The molecule has 0 spiro atoms. The van der Waals surface area contributed by atoms with E-state index < -0.39 is 0 Å². The van der Waals surface area contributed by atoms with Gasteiger partial charge in [0.25, 0.3) is 5.91 Å². The van der Waals surface area contributed by atoms with Gasteiger partial charge < -0.3 is 9.80 Å². The molecule has 0 radical (unpaired) electrons. The predicted molar refractivity (Wildman–Crippen MR) is 104 cm³/mol. The number of amides is 1. The van der Waals surface area contributed by atoms with Crippen LogP contribution in [-0.4, -0.2) is 47.2 Å². The normalized spacial score (nSPS) is 15.0. The van der Waals surface area contributed by atoms with Crippen LogP contribution in [0.3, 0.4) is 0 Å². The van der Waals surface area contributed by atoms with Crippen LogP contribution >= 0.6 is 15.9 Å². The Morgan fingerprint density at radius 3 is 2.58 bits per heavy atom. The quantitative estimate of drug-likeness (QED) is 0.831. The average molecular weight is 416 g/mol. The summed E-state index contributed by atoms with van der Waals surface area (Å²) in [6.07, 6.45) is 0.894. The van der Waals surface area contributed by atoms with E-state index in [1.807, 2.05) is 29.2 Å². The van der Waals surface area contributed by atoms with Crippen molar-refractivity contribution in [3.8, 4) is 6.07 Å². The molecule has 1 aromatic carbocycles. The summed E-state index contributed by atoms with van der Waals surface area (Å²) >= 11 is 3.52. The zero-order chi connectivity index (χ0) is 18.7. The van der Waals surface area contributed by atoms with Crippen LogP contribution < -0.4 is 4.90 Å². The van der Waals surface area contributed by atoms with Crippen LogP contribution in [0.5, 0.6) is 0 Å². The molecule has 0 saturated carbocycles. The third-order valence-electron chi connectivity index (χ3n) is 4.66. The summed E-state index contributed by atoms with van der Waals surface area (Å²) in [6, 6.07) is 9.74. The maximum Gasteiger partial charge on any atom is 0.275 e. The molecule has 136 valence electrons. The fourth-order valence-corrected chi connectivity index (χ4v) is 3.95. The lowest BCUT2D eigenvalue weighted by Crippen LogP contribution is -2.35. The monoisotopic (exact) mass is 415 g/mol. The predicted octanol–water partition coefficient (Wildman–Crippen LogP) is 3.52. The van der Waals surface area contributed by atoms with E-state index in [-0.39, 0.29) is 11.8 Å². The van der Waals surface area contributed by atoms with Crippen molar-refractivity contribution in [1.82, 2.24) is 15.1 Å². The van der Waals surface area contributed by atoms with Crippen molar-refractivity contribution in [2.75, 3.05) is 31.1 Å². The molecule has 1 amide bonds. The minimum Gasteiger partial charge on any atom is -0.370 e. The lowest BCUT2D eigenvalue weighted by molar-refractivity contribution is 0.0760. The van der Waals surface area contributed by atoms with Crippen LogP contribution in [0.2, 0.25) is 0 Å². The number of nitriles is 1. The Bertz CT molecular complexity index is 821. The van der Waals surface area contributed by atoms with Crippen molar-refractivity contribution in [1.29, 1.82) is 5.26 Å². The molecule has 6 nitrogen and oxygen atoms in total. The highest BCUT2D eigenvalue weighted by molar-refractivity contribution is 9.10. The highest BCUT2D eigenvalue weighted by atomic mass is 79.9. The smallest absolute Gasteiger partial charge is 0.275 e. The van der Waals surface area contributed by atoms with Gasteiger partial charge in [0.05, 0.1) is 21.8 Å². The molecule has 1 aliphatic heterocycles. The molecule has 3 rings (SSSR count). The first kappa shape index (κ1) is 18.5. The van der Waals surface area contributed by atoms with Crippen molar-refractivity contribution in [2.45, 2.75) is 26.2 Å². The van der Waals surface area contributed by atoms with Crippen LogP contribution in [-0.2, 0) is 0 Å². The van der Waals surface area contributed by atoms with E-state index in [4.69, 9.17) is 5.26 Å². The number of hydrogen-bond donors (Lipinski definition) is 1. The Kier molecular flexibility index (Phi) is 5.62. The Hall–Kier alpha value is -2.33. The summed E-state index contributed by atoms with van der Waals surface area (Å²) in [7, 11) is 0. The second-order valence-corrected chi connectivity index (χ2v) is 7.54. The van der Waals surface area contributed by atoms with Gasteiger partial charge in [-0.15, -0.1) is 0 Å². The number of halogens is 1. The number of hydrogen-bond acceptors (Lipinski definition) is 4. The molecule has 1 saturated heterocycles. The average Bonchev–Trinajstić information content (AvgIpc) is 2.88. The number of carbonyl (C=O) groups is 1.